The van der Waals surface area contributed by atoms with Gasteiger partial charge in [-0.25, -0.2) is 9.37 Å². The molecule has 1 atom stereocenters. The second-order valence-electron chi connectivity index (χ2n) is 6.28. The number of anilines is 1. The molecule has 0 radical (unpaired) electrons. The van der Waals surface area contributed by atoms with Crippen molar-refractivity contribution in [2.45, 2.75) is 33.3 Å². The summed E-state index contributed by atoms with van der Waals surface area (Å²) in [4.78, 5) is 18.3. The molecule has 0 aliphatic heterocycles. The Balaban J connectivity index is 1.76. The number of ether oxygens (including phenoxy) is 2. The number of hydrogen-bond donors (Lipinski definition) is 1. The zero-order chi connectivity index (χ0) is 20.1. The zero-order valence-corrected chi connectivity index (χ0v) is 16.9. The molecular formula is C21H23FN2O3S. The first-order valence-electron chi connectivity index (χ1n) is 9.23. The molecule has 3 rings (SSSR count). The van der Waals surface area contributed by atoms with Crippen LogP contribution < -0.4 is 10.1 Å². The zero-order valence-electron chi connectivity index (χ0n) is 16.1. The van der Waals surface area contributed by atoms with Crippen molar-refractivity contribution < 1.29 is 18.7 Å². The summed E-state index contributed by atoms with van der Waals surface area (Å²) in [6, 6.07) is 8.45. The van der Waals surface area contributed by atoms with Crippen LogP contribution in [0.5, 0.6) is 5.75 Å². The van der Waals surface area contributed by atoms with Gasteiger partial charge in [0, 0.05) is 18.2 Å². The van der Waals surface area contributed by atoms with E-state index in [0.29, 0.717) is 11.5 Å². The molecule has 1 N–H and O–H groups in total. The van der Waals surface area contributed by atoms with Crippen LogP contribution in [0.2, 0.25) is 0 Å². The predicted molar refractivity (Wildman–Crippen MR) is 110 cm³/mol. The van der Waals surface area contributed by atoms with E-state index in [4.69, 9.17) is 9.47 Å². The van der Waals surface area contributed by atoms with Crippen LogP contribution in [0.15, 0.2) is 36.5 Å². The minimum absolute atomic E-state index is 0.0803. The molecule has 1 amide bonds. The molecule has 0 saturated heterocycles. The molecular weight excluding hydrogens is 379 g/mol. The van der Waals surface area contributed by atoms with Gasteiger partial charge in [0.05, 0.1) is 16.7 Å². The van der Waals surface area contributed by atoms with Crippen molar-refractivity contribution in [2.75, 3.05) is 18.5 Å². The van der Waals surface area contributed by atoms with Crippen molar-refractivity contribution in [1.82, 2.24) is 4.98 Å². The highest BCUT2D eigenvalue weighted by Crippen LogP contribution is 2.31. The number of nitrogens with one attached hydrogen (secondary N) is 1. The molecule has 28 heavy (non-hydrogen) atoms. The Hall–Kier alpha value is -2.51. The van der Waals surface area contributed by atoms with Gasteiger partial charge in [-0.05, 0) is 44.0 Å². The van der Waals surface area contributed by atoms with Gasteiger partial charge >= 0.3 is 0 Å². The summed E-state index contributed by atoms with van der Waals surface area (Å²) in [5, 5.41) is 3.58. The molecule has 1 unspecified atom stereocenters. The SMILES string of the molecule is CCOC(CC)COc1cccc(NC(=O)c2sc3ncccc3c2C)c1F. The van der Waals surface area contributed by atoms with Gasteiger partial charge in [0.15, 0.2) is 11.6 Å². The van der Waals surface area contributed by atoms with Crippen molar-refractivity contribution >= 4 is 33.1 Å². The first-order valence-corrected chi connectivity index (χ1v) is 10.0. The molecule has 148 valence electrons. The topological polar surface area (TPSA) is 60.5 Å². The van der Waals surface area contributed by atoms with Crippen molar-refractivity contribution in [1.29, 1.82) is 0 Å². The number of aryl methyl sites for hydroxylation is 1. The standard InChI is InChI=1S/C21H23FN2O3S/c1-4-14(26-5-2)12-27-17-10-6-9-16(18(17)22)24-20(25)19-13(3)15-8-7-11-23-21(15)28-19/h6-11,14H,4-5,12H2,1-3H3,(H,24,25). The van der Waals surface area contributed by atoms with E-state index in [-0.39, 0.29) is 30.1 Å². The number of carbonyl (C=O) groups is 1. The van der Waals surface area contributed by atoms with Crippen LogP contribution in [-0.2, 0) is 4.74 Å². The van der Waals surface area contributed by atoms with Crippen molar-refractivity contribution in [3.8, 4) is 5.75 Å². The second-order valence-corrected chi connectivity index (χ2v) is 7.28. The number of pyridine rings is 1. The van der Waals surface area contributed by atoms with E-state index in [9.17, 15) is 9.18 Å². The maximum absolute atomic E-state index is 14.8. The maximum atomic E-state index is 14.8. The quantitative estimate of drug-likeness (QED) is 0.563. The number of amides is 1. The van der Waals surface area contributed by atoms with Gasteiger partial charge in [-0.1, -0.05) is 19.1 Å². The summed E-state index contributed by atoms with van der Waals surface area (Å²) >= 11 is 1.29. The van der Waals surface area contributed by atoms with Gasteiger partial charge < -0.3 is 14.8 Å². The Morgan fingerprint density at radius 2 is 2.11 bits per heavy atom. The number of carbonyl (C=O) groups excluding carboxylic acids is 1. The van der Waals surface area contributed by atoms with Gasteiger partial charge in [0.25, 0.3) is 5.91 Å². The minimum Gasteiger partial charge on any atom is -0.488 e. The van der Waals surface area contributed by atoms with Gasteiger partial charge in [0.2, 0.25) is 0 Å². The number of halogens is 1. The number of thiophene rings is 1. The molecule has 0 saturated carbocycles. The monoisotopic (exact) mass is 402 g/mol. The Morgan fingerprint density at radius 1 is 1.29 bits per heavy atom. The summed E-state index contributed by atoms with van der Waals surface area (Å²) in [6.45, 7) is 6.58. The number of benzene rings is 1. The number of nitrogens with zero attached hydrogens (tertiary/aromatic N) is 1. The van der Waals surface area contributed by atoms with E-state index in [0.717, 1.165) is 22.2 Å². The van der Waals surface area contributed by atoms with Crippen LogP contribution in [0.4, 0.5) is 10.1 Å². The van der Waals surface area contributed by atoms with Crippen molar-refractivity contribution in [3.05, 3.63) is 52.8 Å². The number of aromatic nitrogens is 1. The van der Waals surface area contributed by atoms with E-state index >= 15 is 0 Å². The first-order chi connectivity index (χ1) is 13.5. The average Bonchev–Trinajstić information content (AvgIpc) is 3.04. The molecule has 2 heterocycles. The van der Waals surface area contributed by atoms with Crippen LogP contribution in [0.25, 0.3) is 10.2 Å². The molecule has 0 bridgehead atoms. The van der Waals surface area contributed by atoms with Gasteiger partial charge in [0.1, 0.15) is 11.4 Å². The van der Waals surface area contributed by atoms with Crippen LogP contribution in [0.3, 0.4) is 0 Å². The third kappa shape index (κ3) is 4.31. The van der Waals surface area contributed by atoms with Crippen LogP contribution in [-0.4, -0.2) is 30.2 Å². The average molecular weight is 402 g/mol. The molecule has 0 spiro atoms. The summed E-state index contributed by atoms with van der Waals surface area (Å²) in [6.07, 6.45) is 2.36. The lowest BCUT2D eigenvalue weighted by molar-refractivity contribution is 0.0246. The predicted octanol–water partition coefficient (Wildman–Crippen LogP) is 5.19. The molecule has 3 aromatic rings. The molecule has 0 aliphatic carbocycles. The van der Waals surface area contributed by atoms with E-state index in [1.165, 1.54) is 23.5 Å². The molecule has 5 nitrogen and oxygen atoms in total. The van der Waals surface area contributed by atoms with Gasteiger partial charge in [-0.15, -0.1) is 11.3 Å². The fourth-order valence-electron chi connectivity index (χ4n) is 2.87. The van der Waals surface area contributed by atoms with Gasteiger partial charge in [-0.3, -0.25) is 4.79 Å². The highest BCUT2D eigenvalue weighted by Gasteiger charge is 2.19. The summed E-state index contributed by atoms with van der Waals surface area (Å²) < 4.78 is 25.9. The highest BCUT2D eigenvalue weighted by molar-refractivity contribution is 7.20. The Kier molecular flexibility index (Phi) is 6.59. The molecule has 0 fully saturated rings. The summed E-state index contributed by atoms with van der Waals surface area (Å²) in [5.74, 6) is -0.873. The van der Waals surface area contributed by atoms with E-state index in [1.807, 2.05) is 32.9 Å². The lowest BCUT2D eigenvalue weighted by Gasteiger charge is -2.17. The fraction of sp³-hybridized carbons (Fsp3) is 0.333. The largest absolute Gasteiger partial charge is 0.488 e. The normalized spacial score (nSPS) is 12.1. The van der Waals surface area contributed by atoms with Crippen molar-refractivity contribution in [3.63, 3.8) is 0 Å². The Morgan fingerprint density at radius 3 is 2.82 bits per heavy atom. The van der Waals surface area contributed by atoms with Crippen LogP contribution in [0.1, 0.15) is 35.5 Å². The molecule has 1 aromatic carbocycles. The fourth-order valence-corrected chi connectivity index (χ4v) is 3.91. The van der Waals surface area contributed by atoms with Crippen LogP contribution in [0, 0.1) is 12.7 Å². The van der Waals surface area contributed by atoms with Crippen molar-refractivity contribution in [2.24, 2.45) is 0 Å². The van der Waals surface area contributed by atoms with Gasteiger partial charge in [-0.2, -0.15) is 0 Å². The number of rotatable bonds is 8. The lowest BCUT2D eigenvalue weighted by atomic mass is 10.2. The lowest BCUT2D eigenvalue weighted by Crippen LogP contribution is -2.21. The Bertz CT molecular complexity index is 973. The Labute approximate surface area is 167 Å². The minimum atomic E-state index is -0.598. The summed E-state index contributed by atoms with van der Waals surface area (Å²) in [7, 11) is 0. The molecule has 7 heteroatoms. The van der Waals surface area contributed by atoms with E-state index < -0.39 is 5.82 Å². The maximum Gasteiger partial charge on any atom is 0.266 e. The van der Waals surface area contributed by atoms with E-state index in [1.54, 1.807) is 12.3 Å². The summed E-state index contributed by atoms with van der Waals surface area (Å²) in [5.41, 5.74) is 0.915. The highest BCUT2D eigenvalue weighted by atomic mass is 32.1. The third-order valence-electron chi connectivity index (χ3n) is 4.41. The van der Waals surface area contributed by atoms with E-state index in [2.05, 4.69) is 10.3 Å². The first kappa shape index (κ1) is 20.2. The third-order valence-corrected chi connectivity index (χ3v) is 5.63. The second kappa shape index (κ2) is 9.12. The van der Waals surface area contributed by atoms with Crippen LogP contribution >= 0.6 is 11.3 Å². The number of fused-ring (bicyclic) bond motifs is 1. The molecule has 2 aromatic heterocycles. The number of hydrogen-bond acceptors (Lipinski definition) is 5. The molecule has 0 aliphatic rings. The smallest absolute Gasteiger partial charge is 0.266 e.